The second-order valence-electron chi connectivity index (χ2n) is 8.75. The van der Waals surface area contributed by atoms with Crippen molar-refractivity contribution in [1.29, 1.82) is 0 Å². The molecule has 0 amide bonds. The summed E-state index contributed by atoms with van der Waals surface area (Å²) < 4.78 is 5.03. The van der Waals surface area contributed by atoms with Gasteiger partial charge in [-0.25, -0.2) is 4.79 Å². The zero-order valence-electron chi connectivity index (χ0n) is 23.3. The predicted octanol–water partition coefficient (Wildman–Crippen LogP) is 9.09. The van der Waals surface area contributed by atoms with Crippen molar-refractivity contribution in [3.8, 4) is 0 Å². The first-order valence-corrected chi connectivity index (χ1v) is 13.8. The van der Waals surface area contributed by atoms with Gasteiger partial charge >= 0.3 is 5.97 Å². The number of hydrogen-bond acceptors (Lipinski definition) is 3. The van der Waals surface area contributed by atoms with Crippen LogP contribution in [0.1, 0.15) is 96.4 Å². The molecule has 0 unspecified atom stereocenters. The molecule has 0 aliphatic heterocycles. The fourth-order valence-corrected chi connectivity index (χ4v) is 3.60. The number of aromatic nitrogens is 1. The average Bonchev–Trinajstić information content (AvgIpc) is 3.19. The normalized spacial score (nSPS) is 12.1. The van der Waals surface area contributed by atoms with Gasteiger partial charge in [0.15, 0.2) is 0 Å². The maximum Gasteiger partial charge on any atom is 0.337 e. The standard InChI is InChI=1S/C18H20O2.C8H18.C7H9N/c1-3-14-8-10-16(11-9-14)15-6-5-7-17(13-12-15)18(19)20-4-2;1-3-5-7-8-6-4-2;1-2-7-5-3-4-6-8-7/h6-13H,3-5H2,1-2H3;3-8H2,1-2H3;3-6H,2H2,1H3. The smallest absolute Gasteiger partial charge is 0.337 e. The minimum atomic E-state index is -0.250. The maximum atomic E-state index is 11.7. The molecule has 0 atom stereocenters. The molecule has 196 valence electrons. The van der Waals surface area contributed by atoms with Gasteiger partial charge in [0.1, 0.15) is 0 Å². The summed E-state index contributed by atoms with van der Waals surface area (Å²) in [5.41, 5.74) is 5.44. The van der Waals surface area contributed by atoms with Gasteiger partial charge in [-0.3, -0.25) is 4.98 Å². The summed E-state index contributed by atoms with van der Waals surface area (Å²) in [4.78, 5) is 15.8. The number of hydrogen-bond donors (Lipinski definition) is 0. The second kappa shape index (κ2) is 20.3. The van der Waals surface area contributed by atoms with E-state index in [1.807, 2.05) is 49.5 Å². The Bertz CT molecular complexity index is 918. The average molecular weight is 490 g/mol. The number of pyridine rings is 1. The van der Waals surface area contributed by atoms with Gasteiger partial charge in [0.2, 0.25) is 0 Å². The van der Waals surface area contributed by atoms with Crippen LogP contribution < -0.4 is 0 Å². The van der Waals surface area contributed by atoms with Gasteiger partial charge in [-0.2, -0.15) is 0 Å². The fraction of sp³-hybridized carbons (Fsp3) is 0.455. The number of nitrogens with zero attached hydrogens (tertiary/aromatic N) is 1. The molecule has 1 aromatic heterocycles. The first kappa shape index (κ1) is 31.1. The Morgan fingerprint density at radius 1 is 0.806 bits per heavy atom. The van der Waals surface area contributed by atoms with Gasteiger partial charge in [-0.15, -0.1) is 0 Å². The Labute approximate surface area is 220 Å². The van der Waals surface area contributed by atoms with Crippen LogP contribution in [0.4, 0.5) is 0 Å². The summed E-state index contributed by atoms with van der Waals surface area (Å²) in [5, 5.41) is 0. The van der Waals surface area contributed by atoms with Crippen molar-refractivity contribution in [1.82, 2.24) is 4.98 Å². The SMILES string of the molecule is CCCCCCCC.CCOC(=O)C1=CCC=C(c2ccc(CC)cc2)C=C1.CCc1ccccn1. The molecule has 0 N–H and O–H groups in total. The fourth-order valence-electron chi connectivity index (χ4n) is 3.60. The van der Waals surface area contributed by atoms with Crippen molar-refractivity contribution in [3.63, 3.8) is 0 Å². The van der Waals surface area contributed by atoms with Gasteiger partial charge in [-0.1, -0.05) is 115 Å². The first-order valence-electron chi connectivity index (χ1n) is 13.8. The number of unbranched alkanes of at least 4 members (excludes halogenated alkanes) is 5. The lowest BCUT2D eigenvalue weighted by Crippen LogP contribution is -2.05. The molecule has 1 heterocycles. The molecular formula is C33H47NO2. The summed E-state index contributed by atoms with van der Waals surface area (Å²) in [6, 6.07) is 14.5. The molecule has 36 heavy (non-hydrogen) atoms. The number of carbonyl (C=O) groups is 1. The van der Waals surface area contributed by atoms with Crippen molar-refractivity contribution in [2.24, 2.45) is 0 Å². The van der Waals surface area contributed by atoms with E-state index in [1.54, 1.807) is 0 Å². The third kappa shape index (κ3) is 13.2. The molecule has 1 aliphatic carbocycles. The molecule has 0 saturated carbocycles. The maximum absolute atomic E-state index is 11.7. The number of rotatable bonds is 10. The van der Waals surface area contributed by atoms with Crippen LogP contribution in [-0.4, -0.2) is 17.6 Å². The molecule has 0 spiro atoms. The zero-order valence-corrected chi connectivity index (χ0v) is 23.3. The minimum Gasteiger partial charge on any atom is -0.462 e. The molecule has 0 saturated heterocycles. The van der Waals surface area contributed by atoms with E-state index in [9.17, 15) is 4.79 Å². The number of carbonyl (C=O) groups excluding carboxylic acids is 1. The molecule has 1 aliphatic rings. The summed E-state index contributed by atoms with van der Waals surface area (Å²) in [6.07, 6.45) is 21.0. The Morgan fingerprint density at radius 2 is 1.50 bits per heavy atom. The number of aryl methyl sites for hydroxylation is 2. The summed E-state index contributed by atoms with van der Waals surface area (Å²) in [6.45, 7) is 11.0. The highest BCUT2D eigenvalue weighted by molar-refractivity contribution is 5.93. The van der Waals surface area contributed by atoms with E-state index in [-0.39, 0.29) is 5.97 Å². The largest absolute Gasteiger partial charge is 0.462 e. The van der Waals surface area contributed by atoms with Crippen molar-refractivity contribution >= 4 is 11.5 Å². The van der Waals surface area contributed by atoms with Gasteiger partial charge in [0.25, 0.3) is 0 Å². The number of ether oxygens (including phenoxy) is 1. The van der Waals surface area contributed by atoms with Gasteiger partial charge in [0.05, 0.1) is 12.2 Å². The first-order chi connectivity index (χ1) is 17.6. The lowest BCUT2D eigenvalue weighted by atomic mass is 10.0. The molecule has 2 aromatic rings. The summed E-state index contributed by atoms with van der Waals surface area (Å²) in [5.74, 6) is -0.250. The topological polar surface area (TPSA) is 39.2 Å². The third-order valence-corrected chi connectivity index (χ3v) is 5.87. The van der Waals surface area contributed by atoms with E-state index < -0.39 is 0 Å². The van der Waals surface area contributed by atoms with Crippen LogP contribution in [0.5, 0.6) is 0 Å². The molecule has 1 aromatic carbocycles. The predicted molar refractivity (Wildman–Crippen MR) is 155 cm³/mol. The van der Waals surface area contributed by atoms with Crippen LogP contribution in [0, 0.1) is 0 Å². The Balaban J connectivity index is 0.000000333. The third-order valence-electron chi connectivity index (χ3n) is 5.87. The highest BCUT2D eigenvalue weighted by atomic mass is 16.5. The minimum absolute atomic E-state index is 0.250. The molecule has 0 fully saturated rings. The van der Waals surface area contributed by atoms with E-state index in [1.165, 1.54) is 49.7 Å². The van der Waals surface area contributed by atoms with Crippen LogP contribution in [0.25, 0.3) is 5.57 Å². The van der Waals surface area contributed by atoms with E-state index in [0.29, 0.717) is 12.2 Å². The van der Waals surface area contributed by atoms with Crippen molar-refractivity contribution < 1.29 is 9.53 Å². The Kier molecular flexibility index (Phi) is 17.5. The van der Waals surface area contributed by atoms with Crippen LogP contribution in [0.15, 0.2) is 78.5 Å². The van der Waals surface area contributed by atoms with E-state index in [4.69, 9.17) is 4.74 Å². The Morgan fingerprint density at radius 3 is 2.00 bits per heavy atom. The molecule has 0 radical (unpaired) electrons. The lowest BCUT2D eigenvalue weighted by Gasteiger charge is -2.03. The lowest BCUT2D eigenvalue weighted by molar-refractivity contribution is -0.138. The second-order valence-corrected chi connectivity index (χ2v) is 8.75. The highest BCUT2D eigenvalue weighted by Gasteiger charge is 2.09. The highest BCUT2D eigenvalue weighted by Crippen LogP contribution is 2.21. The zero-order chi connectivity index (χ0) is 26.4. The molecule has 3 heteroatoms. The van der Waals surface area contributed by atoms with Crippen molar-refractivity contribution in [2.45, 2.75) is 92.4 Å². The molecular weight excluding hydrogens is 442 g/mol. The summed E-state index contributed by atoms with van der Waals surface area (Å²) >= 11 is 0. The molecule has 0 bridgehead atoms. The van der Waals surface area contributed by atoms with Crippen molar-refractivity contribution in [3.05, 3.63) is 95.4 Å². The van der Waals surface area contributed by atoms with Gasteiger partial charge in [-0.05, 0) is 61.1 Å². The van der Waals surface area contributed by atoms with Crippen LogP contribution >= 0.6 is 0 Å². The number of esters is 1. The van der Waals surface area contributed by atoms with Gasteiger partial charge in [0, 0.05) is 11.9 Å². The quantitative estimate of drug-likeness (QED) is 0.247. The summed E-state index contributed by atoms with van der Waals surface area (Å²) in [7, 11) is 0. The van der Waals surface area contributed by atoms with E-state index in [2.05, 4.69) is 63.0 Å². The van der Waals surface area contributed by atoms with Crippen LogP contribution in [0.2, 0.25) is 0 Å². The molecule has 3 rings (SSSR count). The number of benzene rings is 1. The molecule has 3 nitrogen and oxygen atoms in total. The van der Waals surface area contributed by atoms with Gasteiger partial charge < -0.3 is 4.74 Å². The van der Waals surface area contributed by atoms with Crippen LogP contribution in [-0.2, 0) is 22.4 Å². The van der Waals surface area contributed by atoms with E-state index in [0.717, 1.165) is 30.5 Å². The van der Waals surface area contributed by atoms with Crippen molar-refractivity contribution in [2.75, 3.05) is 6.61 Å². The number of allylic oxidation sites excluding steroid dienone is 4. The van der Waals surface area contributed by atoms with E-state index >= 15 is 0 Å². The Hall–Kier alpha value is -2.94. The monoisotopic (exact) mass is 489 g/mol. The van der Waals surface area contributed by atoms with Crippen LogP contribution in [0.3, 0.4) is 0 Å².